The largest absolute Gasteiger partial charge is 0.465 e. The summed E-state index contributed by atoms with van der Waals surface area (Å²) in [6, 6.07) is 1.37. The monoisotopic (exact) mass is 339 g/mol. The van der Waals surface area contributed by atoms with Crippen LogP contribution in [0.5, 0.6) is 0 Å². The first-order chi connectivity index (χ1) is 10.5. The Kier molecular flexibility index (Phi) is 4.32. The van der Waals surface area contributed by atoms with Crippen LogP contribution in [0.25, 0.3) is 5.57 Å². The predicted molar refractivity (Wildman–Crippen MR) is 68.6 cm³/mol. The van der Waals surface area contributed by atoms with E-state index >= 15 is 0 Å². The molecular weight excluding hydrogens is 328 g/mol. The highest BCUT2D eigenvalue weighted by Crippen LogP contribution is 2.38. The highest BCUT2D eigenvalue weighted by Gasteiger charge is 2.37. The van der Waals surface area contributed by atoms with E-state index < -0.39 is 29.6 Å². The first-order valence-electron chi connectivity index (χ1n) is 6.45. The number of rotatable bonds is 1. The average molecular weight is 339 g/mol. The van der Waals surface area contributed by atoms with Gasteiger partial charge < -0.3 is 10.0 Å². The molecule has 0 saturated heterocycles. The molecule has 9 heteroatoms. The molecule has 0 saturated carbocycles. The lowest BCUT2D eigenvalue weighted by molar-refractivity contribution is -0.143. The number of halogens is 6. The van der Waals surface area contributed by atoms with Crippen molar-refractivity contribution in [3.8, 4) is 0 Å². The number of hydrogen-bond acceptors (Lipinski definition) is 1. The summed E-state index contributed by atoms with van der Waals surface area (Å²) in [7, 11) is 0. The van der Waals surface area contributed by atoms with Crippen LogP contribution in [0.4, 0.5) is 31.1 Å². The predicted octanol–water partition coefficient (Wildman–Crippen LogP) is 4.49. The molecule has 0 atom stereocenters. The van der Waals surface area contributed by atoms with Gasteiger partial charge in [0.25, 0.3) is 0 Å². The van der Waals surface area contributed by atoms with Gasteiger partial charge in [-0.15, -0.1) is 0 Å². The molecule has 1 aromatic rings. The minimum Gasteiger partial charge on any atom is -0.465 e. The number of amides is 1. The zero-order chi connectivity index (χ0) is 17.4. The van der Waals surface area contributed by atoms with Gasteiger partial charge in [0.05, 0.1) is 11.1 Å². The molecule has 0 unspecified atom stereocenters. The molecule has 2 rings (SSSR count). The van der Waals surface area contributed by atoms with Gasteiger partial charge in [-0.25, -0.2) is 4.79 Å². The molecule has 0 aromatic heterocycles. The molecule has 1 heterocycles. The van der Waals surface area contributed by atoms with E-state index in [9.17, 15) is 31.1 Å². The van der Waals surface area contributed by atoms with E-state index in [1.54, 1.807) is 0 Å². The van der Waals surface area contributed by atoms with Gasteiger partial charge in [0.2, 0.25) is 0 Å². The molecule has 1 aromatic carbocycles. The molecule has 23 heavy (non-hydrogen) atoms. The van der Waals surface area contributed by atoms with Gasteiger partial charge in [-0.05, 0) is 35.8 Å². The van der Waals surface area contributed by atoms with Crippen molar-refractivity contribution in [1.82, 2.24) is 4.90 Å². The van der Waals surface area contributed by atoms with Crippen molar-refractivity contribution in [2.24, 2.45) is 0 Å². The molecule has 3 nitrogen and oxygen atoms in total. The second kappa shape index (κ2) is 5.78. The Bertz CT molecular complexity index is 615. The van der Waals surface area contributed by atoms with E-state index in [2.05, 4.69) is 0 Å². The van der Waals surface area contributed by atoms with Crippen LogP contribution in [-0.2, 0) is 12.4 Å². The molecular formula is C14H11F6NO2. The van der Waals surface area contributed by atoms with Gasteiger partial charge in [0.15, 0.2) is 0 Å². The van der Waals surface area contributed by atoms with E-state index in [0.717, 1.165) is 4.90 Å². The molecule has 0 aliphatic carbocycles. The number of nitrogens with zero attached hydrogens (tertiary/aromatic N) is 1. The third-order valence-electron chi connectivity index (χ3n) is 3.44. The average Bonchev–Trinajstić information content (AvgIpc) is 2.45. The molecule has 1 aliphatic heterocycles. The maximum absolute atomic E-state index is 12.8. The Balaban J connectivity index is 2.45. The number of carbonyl (C=O) groups is 1. The zero-order valence-corrected chi connectivity index (χ0v) is 11.5. The summed E-state index contributed by atoms with van der Waals surface area (Å²) in [6.07, 6.45) is -9.63. The number of hydrogen-bond donors (Lipinski definition) is 1. The Morgan fingerprint density at radius 2 is 1.52 bits per heavy atom. The SMILES string of the molecule is O=C(O)N1CC=C(c2cc(C(F)(F)F)cc(C(F)(F)F)c2)CC1. The van der Waals surface area contributed by atoms with E-state index in [0.29, 0.717) is 12.1 Å². The molecule has 1 aliphatic rings. The summed E-state index contributed by atoms with van der Waals surface area (Å²) >= 11 is 0. The van der Waals surface area contributed by atoms with Crippen molar-refractivity contribution in [3.05, 3.63) is 41.0 Å². The Morgan fingerprint density at radius 3 is 1.87 bits per heavy atom. The van der Waals surface area contributed by atoms with Crippen molar-refractivity contribution in [2.75, 3.05) is 13.1 Å². The summed E-state index contributed by atoms with van der Waals surface area (Å²) < 4.78 is 76.8. The van der Waals surface area contributed by atoms with Crippen molar-refractivity contribution >= 4 is 11.7 Å². The van der Waals surface area contributed by atoms with Gasteiger partial charge in [-0.3, -0.25) is 0 Å². The second-order valence-corrected chi connectivity index (χ2v) is 5.00. The molecule has 0 bridgehead atoms. The van der Waals surface area contributed by atoms with Crippen LogP contribution in [-0.4, -0.2) is 29.2 Å². The van der Waals surface area contributed by atoms with Crippen LogP contribution in [0.3, 0.4) is 0 Å². The first-order valence-corrected chi connectivity index (χ1v) is 6.45. The maximum atomic E-state index is 12.8. The summed E-state index contributed by atoms with van der Waals surface area (Å²) in [5, 5.41) is 8.80. The second-order valence-electron chi connectivity index (χ2n) is 5.00. The van der Waals surface area contributed by atoms with E-state index in [4.69, 9.17) is 5.11 Å². The van der Waals surface area contributed by atoms with Crippen molar-refractivity contribution < 1.29 is 36.2 Å². The maximum Gasteiger partial charge on any atom is 0.416 e. The summed E-state index contributed by atoms with van der Waals surface area (Å²) in [6.45, 7) is -0.0684. The molecule has 126 valence electrons. The van der Waals surface area contributed by atoms with Crippen LogP contribution in [0, 0.1) is 0 Å². The van der Waals surface area contributed by atoms with Crippen LogP contribution in [0.2, 0.25) is 0 Å². The Hall–Kier alpha value is -2.19. The fourth-order valence-electron chi connectivity index (χ4n) is 2.25. The lowest BCUT2D eigenvalue weighted by Crippen LogP contribution is -2.33. The van der Waals surface area contributed by atoms with Crippen molar-refractivity contribution in [3.63, 3.8) is 0 Å². The molecule has 1 amide bonds. The zero-order valence-electron chi connectivity index (χ0n) is 11.5. The van der Waals surface area contributed by atoms with E-state index in [1.165, 1.54) is 6.08 Å². The fraction of sp³-hybridized carbons (Fsp3) is 0.357. The normalized spacial score (nSPS) is 16.3. The minimum atomic E-state index is -4.90. The van der Waals surface area contributed by atoms with E-state index in [-0.39, 0.29) is 36.7 Å². The molecule has 0 fully saturated rings. The van der Waals surface area contributed by atoms with Gasteiger partial charge in [0.1, 0.15) is 0 Å². The highest BCUT2D eigenvalue weighted by atomic mass is 19.4. The van der Waals surface area contributed by atoms with E-state index in [1.807, 2.05) is 0 Å². The van der Waals surface area contributed by atoms with Crippen LogP contribution in [0.15, 0.2) is 24.3 Å². The quantitative estimate of drug-likeness (QED) is 0.766. The lowest BCUT2D eigenvalue weighted by Gasteiger charge is -2.24. The van der Waals surface area contributed by atoms with Crippen molar-refractivity contribution in [2.45, 2.75) is 18.8 Å². The van der Waals surface area contributed by atoms with Crippen LogP contribution >= 0.6 is 0 Å². The Morgan fingerprint density at radius 1 is 1.00 bits per heavy atom. The molecule has 0 spiro atoms. The summed E-state index contributed by atoms with van der Waals surface area (Å²) in [4.78, 5) is 11.8. The summed E-state index contributed by atoms with van der Waals surface area (Å²) in [5.74, 6) is 0. The Labute approximate surface area is 126 Å². The fourth-order valence-corrected chi connectivity index (χ4v) is 2.25. The van der Waals surface area contributed by atoms with Gasteiger partial charge in [0, 0.05) is 13.1 Å². The van der Waals surface area contributed by atoms with Crippen LogP contribution in [0.1, 0.15) is 23.1 Å². The van der Waals surface area contributed by atoms with Crippen molar-refractivity contribution in [1.29, 1.82) is 0 Å². The van der Waals surface area contributed by atoms with Gasteiger partial charge in [-0.2, -0.15) is 26.3 Å². The number of benzene rings is 1. The topological polar surface area (TPSA) is 40.5 Å². The standard InChI is InChI=1S/C14H11F6NO2/c15-13(16,17)10-5-9(6-11(7-10)14(18,19)20)8-1-3-21(4-2-8)12(22)23/h1,5-7H,2-4H2,(H,22,23). The van der Waals surface area contributed by atoms with Gasteiger partial charge >= 0.3 is 18.4 Å². The lowest BCUT2D eigenvalue weighted by atomic mass is 9.95. The number of alkyl halides is 6. The summed E-state index contributed by atoms with van der Waals surface area (Å²) in [5.41, 5.74) is -2.70. The first kappa shape index (κ1) is 17.2. The third kappa shape index (κ3) is 3.96. The van der Waals surface area contributed by atoms with Gasteiger partial charge in [-0.1, -0.05) is 6.08 Å². The molecule has 0 radical (unpaired) electrons. The minimum absolute atomic E-state index is 0.0127. The number of carboxylic acid groups (broad SMARTS) is 1. The molecule has 1 N–H and O–H groups in total. The third-order valence-corrected chi connectivity index (χ3v) is 3.44. The van der Waals surface area contributed by atoms with Crippen LogP contribution < -0.4 is 0 Å². The highest BCUT2D eigenvalue weighted by molar-refractivity contribution is 5.72. The smallest absolute Gasteiger partial charge is 0.416 e.